The van der Waals surface area contributed by atoms with Gasteiger partial charge in [0, 0.05) is 25.5 Å². The molecule has 0 atom stereocenters. The Morgan fingerprint density at radius 3 is 2.33 bits per heavy atom. The van der Waals surface area contributed by atoms with Gasteiger partial charge in [0.05, 0.1) is 5.56 Å². The summed E-state index contributed by atoms with van der Waals surface area (Å²) in [5.41, 5.74) is 4.14. The van der Waals surface area contributed by atoms with Gasteiger partial charge in [-0.15, -0.1) is 0 Å². The summed E-state index contributed by atoms with van der Waals surface area (Å²) in [6.45, 7) is 3.54. The van der Waals surface area contributed by atoms with Crippen molar-refractivity contribution in [2.24, 2.45) is 0 Å². The smallest absolute Gasteiger partial charge is 0.338 e. The number of ether oxygens (including phenoxy) is 1. The monoisotopic (exact) mass is 326 g/mol. The van der Waals surface area contributed by atoms with Crippen LogP contribution in [0.5, 0.6) is 0 Å². The number of carbonyl (C=O) groups is 2. The van der Waals surface area contributed by atoms with Crippen molar-refractivity contribution in [2.75, 3.05) is 30.9 Å². The topological polar surface area (TPSA) is 58.6 Å². The van der Waals surface area contributed by atoms with E-state index >= 15 is 0 Å². The van der Waals surface area contributed by atoms with E-state index in [1.54, 1.807) is 12.1 Å². The minimum absolute atomic E-state index is 0.318. The fourth-order valence-electron chi connectivity index (χ4n) is 2.17. The van der Waals surface area contributed by atoms with Crippen molar-refractivity contribution in [3.63, 3.8) is 0 Å². The van der Waals surface area contributed by atoms with Crippen LogP contribution in [0.15, 0.2) is 42.5 Å². The Balaban J connectivity index is 1.91. The summed E-state index contributed by atoms with van der Waals surface area (Å²) in [6, 6.07) is 12.8. The van der Waals surface area contributed by atoms with E-state index < -0.39 is 5.97 Å². The lowest BCUT2D eigenvalue weighted by Gasteiger charge is -2.12. The Hall–Kier alpha value is -2.82. The lowest BCUT2D eigenvalue weighted by atomic mass is 10.1. The fourth-order valence-corrected chi connectivity index (χ4v) is 2.17. The molecule has 0 saturated heterocycles. The number of benzene rings is 2. The van der Waals surface area contributed by atoms with E-state index in [4.69, 9.17) is 4.74 Å². The third kappa shape index (κ3) is 4.59. The molecule has 0 heterocycles. The van der Waals surface area contributed by atoms with Crippen molar-refractivity contribution >= 4 is 23.3 Å². The number of anilines is 2. The van der Waals surface area contributed by atoms with Gasteiger partial charge in [-0.05, 0) is 55.3 Å². The SMILES string of the molecule is Cc1ccc(C)c(NC(=O)COC(=O)c2ccc(N(C)C)cc2)c1. The van der Waals surface area contributed by atoms with Gasteiger partial charge >= 0.3 is 5.97 Å². The second kappa shape index (κ2) is 7.64. The van der Waals surface area contributed by atoms with E-state index in [1.807, 2.05) is 63.2 Å². The lowest BCUT2D eigenvalue weighted by Crippen LogP contribution is -2.21. The summed E-state index contributed by atoms with van der Waals surface area (Å²) < 4.78 is 5.07. The molecule has 1 amide bonds. The van der Waals surface area contributed by atoms with Gasteiger partial charge in [0.15, 0.2) is 6.61 Å². The Labute approximate surface area is 142 Å². The van der Waals surface area contributed by atoms with Gasteiger partial charge in [-0.3, -0.25) is 4.79 Å². The molecule has 2 rings (SSSR count). The predicted molar refractivity (Wildman–Crippen MR) is 95.6 cm³/mol. The molecule has 0 unspecified atom stereocenters. The number of hydrogen-bond donors (Lipinski definition) is 1. The molecular formula is C19H22N2O3. The van der Waals surface area contributed by atoms with Crippen molar-refractivity contribution in [3.8, 4) is 0 Å². The molecule has 0 spiro atoms. The van der Waals surface area contributed by atoms with Crippen molar-refractivity contribution in [1.82, 2.24) is 0 Å². The minimum atomic E-state index is -0.517. The summed E-state index contributed by atoms with van der Waals surface area (Å²) >= 11 is 0. The normalized spacial score (nSPS) is 10.2. The van der Waals surface area contributed by atoms with Crippen molar-refractivity contribution < 1.29 is 14.3 Å². The van der Waals surface area contributed by atoms with Crippen molar-refractivity contribution in [1.29, 1.82) is 0 Å². The maximum atomic E-state index is 12.0. The number of amides is 1. The number of rotatable bonds is 5. The number of nitrogens with one attached hydrogen (secondary N) is 1. The van der Waals surface area contributed by atoms with Crippen LogP contribution in [0.2, 0.25) is 0 Å². The van der Waals surface area contributed by atoms with Gasteiger partial charge in [-0.25, -0.2) is 4.79 Å². The van der Waals surface area contributed by atoms with E-state index in [9.17, 15) is 9.59 Å². The molecule has 0 radical (unpaired) electrons. The molecule has 0 aliphatic carbocycles. The molecule has 5 heteroatoms. The zero-order valence-corrected chi connectivity index (χ0v) is 14.4. The molecule has 24 heavy (non-hydrogen) atoms. The van der Waals surface area contributed by atoms with Crippen LogP contribution in [-0.4, -0.2) is 32.6 Å². The Bertz CT molecular complexity index is 737. The summed E-state index contributed by atoms with van der Waals surface area (Å²) in [4.78, 5) is 25.9. The van der Waals surface area contributed by atoms with E-state index in [1.165, 1.54) is 0 Å². The highest BCUT2D eigenvalue weighted by Gasteiger charge is 2.11. The zero-order valence-electron chi connectivity index (χ0n) is 14.4. The molecule has 2 aromatic carbocycles. The largest absolute Gasteiger partial charge is 0.452 e. The Kier molecular flexibility index (Phi) is 5.58. The Morgan fingerprint density at radius 2 is 1.71 bits per heavy atom. The maximum absolute atomic E-state index is 12.0. The first-order valence-electron chi connectivity index (χ1n) is 7.68. The van der Waals surface area contributed by atoms with Gasteiger partial charge in [0.25, 0.3) is 5.91 Å². The highest BCUT2D eigenvalue weighted by atomic mass is 16.5. The molecule has 0 saturated carbocycles. The first-order valence-corrected chi connectivity index (χ1v) is 7.68. The second-order valence-corrected chi connectivity index (χ2v) is 5.88. The summed E-state index contributed by atoms with van der Waals surface area (Å²) in [7, 11) is 3.84. The average Bonchev–Trinajstić information content (AvgIpc) is 2.56. The van der Waals surface area contributed by atoms with Crippen LogP contribution in [0.1, 0.15) is 21.5 Å². The molecule has 0 fully saturated rings. The van der Waals surface area contributed by atoms with Gasteiger partial charge in [-0.2, -0.15) is 0 Å². The standard InChI is InChI=1S/C19H22N2O3/c1-13-5-6-14(2)17(11-13)20-18(22)12-24-19(23)15-7-9-16(10-8-15)21(3)4/h5-11H,12H2,1-4H3,(H,20,22). The quantitative estimate of drug-likeness (QED) is 0.858. The molecule has 0 aromatic heterocycles. The highest BCUT2D eigenvalue weighted by Crippen LogP contribution is 2.16. The van der Waals surface area contributed by atoms with Crippen molar-refractivity contribution in [2.45, 2.75) is 13.8 Å². The molecule has 126 valence electrons. The molecular weight excluding hydrogens is 304 g/mol. The third-order valence-corrected chi connectivity index (χ3v) is 3.62. The van der Waals surface area contributed by atoms with Crippen LogP contribution < -0.4 is 10.2 Å². The second-order valence-electron chi connectivity index (χ2n) is 5.88. The van der Waals surface area contributed by atoms with Gasteiger partial charge in [0.2, 0.25) is 0 Å². The first kappa shape index (κ1) is 17.5. The van der Waals surface area contributed by atoms with E-state index in [2.05, 4.69) is 5.32 Å². The number of aryl methyl sites for hydroxylation is 2. The van der Waals surface area contributed by atoms with Gasteiger partial charge < -0.3 is 15.0 Å². The predicted octanol–water partition coefficient (Wildman–Crippen LogP) is 3.16. The number of nitrogens with zero attached hydrogens (tertiary/aromatic N) is 1. The summed E-state index contributed by atoms with van der Waals surface area (Å²) in [5, 5.41) is 2.76. The molecule has 5 nitrogen and oxygen atoms in total. The average molecular weight is 326 g/mol. The van der Waals surface area contributed by atoms with Crippen LogP contribution in [-0.2, 0) is 9.53 Å². The van der Waals surface area contributed by atoms with E-state index in [0.717, 1.165) is 22.5 Å². The van der Waals surface area contributed by atoms with Crippen LogP contribution in [0.25, 0.3) is 0 Å². The van der Waals surface area contributed by atoms with Crippen LogP contribution in [0.3, 0.4) is 0 Å². The fraction of sp³-hybridized carbons (Fsp3) is 0.263. The van der Waals surface area contributed by atoms with Gasteiger partial charge in [0.1, 0.15) is 0 Å². The van der Waals surface area contributed by atoms with Crippen molar-refractivity contribution in [3.05, 3.63) is 59.2 Å². The third-order valence-electron chi connectivity index (χ3n) is 3.62. The summed E-state index contributed by atoms with van der Waals surface area (Å²) in [5.74, 6) is -0.876. The molecule has 0 aliphatic heterocycles. The molecule has 2 aromatic rings. The molecule has 1 N–H and O–H groups in total. The van der Waals surface area contributed by atoms with Crippen LogP contribution >= 0.6 is 0 Å². The molecule has 0 aliphatic rings. The maximum Gasteiger partial charge on any atom is 0.338 e. The zero-order chi connectivity index (χ0) is 17.7. The number of carbonyl (C=O) groups excluding carboxylic acids is 2. The Morgan fingerprint density at radius 1 is 1.04 bits per heavy atom. The first-order chi connectivity index (χ1) is 11.4. The number of hydrogen-bond acceptors (Lipinski definition) is 4. The van der Waals surface area contributed by atoms with E-state index in [0.29, 0.717) is 5.56 Å². The van der Waals surface area contributed by atoms with Crippen LogP contribution in [0, 0.1) is 13.8 Å². The minimum Gasteiger partial charge on any atom is -0.452 e. The number of esters is 1. The van der Waals surface area contributed by atoms with E-state index in [-0.39, 0.29) is 12.5 Å². The highest BCUT2D eigenvalue weighted by molar-refractivity contribution is 5.96. The summed E-state index contributed by atoms with van der Waals surface area (Å²) in [6.07, 6.45) is 0. The van der Waals surface area contributed by atoms with Crippen LogP contribution in [0.4, 0.5) is 11.4 Å². The molecule has 0 bridgehead atoms. The van der Waals surface area contributed by atoms with Gasteiger partial charge in [-0.1, -0.05) is 12.1 Å². The lowest BCUT2D eigenvalue weighted by molar-refractivity contribution is -0.119.